The van der Waals surface area contributed by atoms with E-state index in [0.717, 1.165) is 6.54 Å². The fraction of sp³-hybridized carbons (Fsp3) is 0.250. The maximum atomic E-state index is 6.01. The smallest absolute Gasteiger partial charge is 0.0595 e. The van der Waals surface area contributed by atoms with Crippen molar-refractivity contribution in [2.75, 3.05) is 0 Å². The van der Waals surface area contributed by atoms with Crippen molar-refractivity contribution in [1.82, 2.24) is 5.32 Å². The topological polar surface area (TPSA) is 12.0 Å². The lowest BCUT2D eigenvalue weighted by Crippen LogP contribution is -2.17. The zero-order chi connectivity index (χ0) is 13.2. The molecule has 3 rings (SSSR count). The second-order valence-electron chi connectivity index (χ2n) is 4.99. The zero-order valence-electron chi connectivity index (χ0n) is 10.4. The quantitative estimate of drug-likeness (QED) is 0.865. The second-order valence-corrected chi connectivity index (χ2v) is 5.80. The summed E-state index contributed by atoms with van der Waals surface area (Å²) in [4.78, 5) is 0. The maximum absolute atomic E-state index is 6.01. The minimum absolute atomic E-state index is 0.580. The van der Waals surface area contributed by atoms with Gasteiger partial charge in [0.05, 0.1) is 10.0 Å². The van der Waals surface area contributed by atoms with Crippen molar-refractivity contribution >= 4 is 23.2 Å². The fourth-order valence-corrected chi connectivity index (χ4v) is 2.71. The molecular weight excluding hydrogens is 277 g/mol. The van der Waals surface area contributed by atoms with Crippen molar-refractivity contribution in [3.63, 3.8) is 0 Å². The van der Waals surface area contributed by atoms with Crippen molar-refractivity contribution in [1.29, 1.82) is 0 Å². The number of hydrogen-bond acceptors (Lipinski definition) is 1. The van der Waals surface area contributed by atoms with Crippen LogP contribution in [0.3, 0.4) is 0 Å². The average Bonchev–Trinajstić information content (AvgIpc) is 3.21. The third-order valence-electron chi connectivity index (χ3n) is 3.57. The first-order valence-electron chi connectivity index (χ1n) is 6.46. The molecule has 1 fully saturated rings. The van der Waals surface area contributed by atoms with E-state index in [1.54, 1.807) is 0 Å². The third kappa shape index (κ3) is 3.11. The Hall–Kier alpha value is -1.02. The Balaban J connectivity index is 1.56. The van der Waals surface area contributed by atoms with Crippen molar-refractivity contribution < 1.29 is 0 Å². The number of halogens is 2. The van der Waals surface area contributed by atoms with Crippen LogP contribution in [0.2, 0.25) is 10.0 Å². The van der Waals surface area contributed by atoms with Gasteiger partial charge in [0.15, 0.2) is 0 Å². The summed E-state index contributed by atoms with van der Waals surface area (Å²) >= 11 is 11.9. The van der Waals surface area contributed by atoms with Gasteiger partial charge in [-0.1, -0.05) is 59.6 Å². The summed E-state index contributed by atoms with van der Waals surface area (Å²) in [6, 6.07) is 17.0. The molecule has 1 N–H and O–H groups in total. The van der Waals surface area contributed by atoms with E-state index in [2.05, 4.69) is 35.6 Å². The van der Waals surface area contributed by atoms with E-state index in [0.29, 0.717) is 22.0 Å². The Labute approximate surface area is 123 Å². The first kappa shape index (κ1) is 13.0. The van der Waals surface area contributed by atoms with Gasteiger partial charge in [0.2, 0.25) is 0 Å². The molecule has 1 unspecified atom stereocenters. The summed E-state index contributed by atoms with van der Waals surface area (Å²) in [6.07, 6.45) is 1.21. The number of hydrogen-bond donors (Lipinski definition) is 1. The van der Waals surface area contributed by atoms with Gasteiger partial charge >= 0.3 is 0 Å². The van der Waals surface area contributed by atoms with Crippen molar-refractivity contribution in [2.45, 2.75) is 24.9 Å². The molecular formula is C16H15Cl2N. The molecule has 1 aliphatic rings. The van der Waals surface area contributed by atoms with Crippen LogP contribution in [0.4, 0.5) is 0 Å². The Kier molecular flexibility index (Phi) is 3.79. The number of rotatable bonds is 4. The van der Waals surface area contributed by atoms with Gasteiger partial charge in [-0.15, -0.1) is 0 Å². The lowest BCUT2D eigenvalue weighted by Gasteiger charge is -2.06. The molecule has 1 aliphatic carbocycles. The molecule has 0 bridgehead atoms. The summed E-state index contributed by atoms with van der Waals surface area (Å²) < 4.78 is 0. The van der Waals surface area contributed by atoms with Gasteiger partial charge in [-0.25, -0.2) is 0 Å². The highest BCUT2D eigenvalue weighted by molar-refractivity contribution is 6.42. The Morgan fingerprint density at radius 1 is 1.00 bits per heavy atom. The average molecular weight is 292 g/mol. The SMILES string of the molecule is Clc1ccc(CN[C@H]2CC2c2ccccc2)cc1Cl. The molecule has 0 heterocycles. The molecule has 3 heteroatoms. The van der Waals surface area contributed by atoms with E-state index in [4.69, 9.17) is 23.2 Å². The summed E-state index contributed by atoms with van der Waals surface area (Å²) in [5.41, 5.74) is 2.60. The second kappa shape index (κ2) is 5.54. The zero-order valence-corrected chi connectivity index (χ0v) is 12.0. The van der Waals surface area contributed by atoms with Crippen LogP contribution in [0.5, 0.6) is 0 Å². The van der Waals surface area contributed by atoms with Gasteiger partial charge in [0, 0.05) is 18.5 Å². The minimum atomic E-state index is 0.580. The first-order valence-corrected chi connectivity index (χ1v) is 7.22. The Morgan fingerprint density at radius 2 is 1.79 bits per heavy atom. The van der Waals surface area contributed by atoms with E-state index in [-0.39, 0.29) is 0 Å². The fourth-order valence-electron chi connectivity index (χ4n) is 2.39. The molecule has 0 saturated heterocycles. The molecule has 0 amide bonds. The molecule has 19 heavy (non-hydrogen) atoms. The summed E-state index contributed by atoms with van der Waals surface area (Å²) in [6.45, 7) is 0.838. The van der Waals surface area contributed by atoms with Crippen LogP contribution in [0, 0.1) is 0 Å². The molecule has 2 atom stereocenters. The molecule has 0 aromatic heterocycles. The van der Waals surface area contributed by atoms with Crippen LogP contribution < -0.4 is 5.32 Å². The van der Waals surface area contributed by atoms with Crippen LogP contribution in [0.15, 0.2) is 48.5 Å². The summed E-state index contributed by atoms with van der Waals surface area (Å²) in [5.74, 6) is 0.656. The minimum Gasteiger partial charge on any atom is -0.309 e. The highest BCUT2D eigenvalue weighted by atomic mass is 35.5. The molecule has 0 aliphatic heterocycles. The molecule has 2 aromatic carbocycles. The first-order chi connectivity index (χ1) is 9.24. The van der Waals surface area contributed by atoms with Gasteiger partial charge in [-0.05, 0) is 29.7 Å². The van der Waals surface area contributed by atoms with E-state index in [1.165, 1.54) is 17.5 Å². The normalized spacial score (nSPS) is 21.4. The highest BCUT2D eigenvalue weighted by Gasteiger charge is 2.37. The van der Waals surface area contributed by atoms with E-state index >= 15 is 0 Å². The van der Waals surface area contributed by atoms with E-state index in [1.807, 2.05) is 18.2 Å². The van der Waals surface area contributed by atoms with E-state index < -0.39 is 0 Å². The molecule has 2 aromatic rings. The van der Waals surface area contributed by atoms with E-state index in [9.17, 15) is 0 Å². The third-order valence-corrected chi connectivity index (χ3v) is 4.31. The van der Waals surface area contributed by atoms with Gasteiger partial charge in [0.25, 0.3) is 0 Å². The van der Waals surface area contributed by atoms with Crippen LogP contribution in [-0.2, 0) is 6.54 Å². The summed E-state index contributed by atoms with van der Waals surface area (Å²) in [5, 5.41) is 4.80. The van der Waals surface area contributed by atoms with Gasteiger partial charge < -0.3 is 5.32 Å². The number of benzene rings is 2. The van der Waals surface area contributed by atoms with Gasteiger partial charge in [-0.3, -0.25) is 0 Å². The number of nitrogens with one attached hydrogen (secondary N) is 1. The van der Waals surface area contributed by atoms with Crippen LogP contribution in [-0.4, -0.2) is 6.04 Å². The maximum Gasteiger partial charge on any atom is 0.0595 e. The largest absolute Gasteiger partial charge is 0.309 e. The predicted octanol–water partition coefficient (Wildman–Crippen LogP) is 4.64. The molecule has 98 valence electrons. The van der Waals surface area contributed by atoms with Gasteiger partial charge in [-0.2, -0.15) is 0 Å². The summed E-state index contributed by atoms with van der Waals surface area (Å²) in [7, 11) is 0. The van der Waals surface area contributed by atoms with Crippen molar-refractivity contribution in [2.24, 2.45) is 0 Å². The highest BCUT2D eigenvalue weighted by Crippen LogP contribution is 2.40. The lowest BCUT2D eigenvalue weighted by molar-refractivity contribution is 0.673. The standard InChI is InChI=1S/C16H15Cl2N/c17-14-7-6-11(8-15(14)18)10-19-16-9-13(16)12-4-2-1-3-5-12/h1-8,13,16,19H,9-10H2/t13?,16-/m0/s1. The Bertz CT molecular complexity index is 568. The van der Waals surface area contributed by atoms with Crippen molar-refractivity contribution in [3.05, 3.63) is 69.7 Å². The molecule has 1 saturated carbocycles. The van der Waals surface area contributed by atoms with Crippen molar-refractivity contribution in [3.8, 4) is 0 Å². The molecule has 1 nitrogen and oxygen atoms in total. The Morgan fingerprint density at radius 3 is 2.53 bits per heavy atom. The van der Waals surface area contributed by atoms with Crippen LogP contribution in [0.25, 0.3) is 0 Å². The molecule has 0 spiro atoms. The monoisotopic (exact) mass is 291 g/mol. The lowest BCUT2D eigenvalue weighted by atomic mass is 10.1. The van der Waals surface area contributed by atoms with Crippen LogP contribution >= 0.6 is 23.2 Å². The van der Waals surface area contributed by atoms with Crippen LogP contribution in [0.1, 0.15) is 23.5 Å². The molecule has 0 radical (unpaired) electrons. The van der Waals surface area contributed by atoms with Gasteiger partial charge in [0.1, 0.15) is 0 Å². The predicted molar refractivity (Wildman–Crippen MR) is 80.9 cm³/mol.